The lowest BCUT2D eigenvalue weighted by atomic mass is 10.1. The number of benzene rings is 3. The van der Waals surface area contributed by atoms with E-state index in [4.69, 9.17) is 5.11 Å². The maximum Gasteiger partial charge on any atom is 0.335 e. The normalized spacial score (nSPS) is 11.5. The van der Waals surface area contributed by atoms with Gasteiger partial charge in [0.05, 0.1) is 21.5 Å². The van der Waals surface area contributed by atoms with Crippen molar-refractivity contribution >= 4 is 32.7 Å². The predicted molar refractivity (Wildman–Crippen MR) is 110 cm³/mol. The van der Waals surface area contributed by atoms with Crippen molar-refractivity contribution in [3.8, 4) is 11.4 Å². The van der Waals surface area contributed by atoms with Crippen molar-refractivity contribution in [2.24, 2.45) is 0 Å². The van der Waals surface area contributed by atoms with Gasteiger partial charge in [0.2, 0.25) is 0 Å². The summed E-state index contributed by atoms with van der Waals surface area (Å²) in [6.07, 6.45) is 0. The lowest BCUT2D eigenvalue weighted by molar-refractivity contribution is 0.0697. The lowest BCUT2D eigenvalue weighted by Crippen LogP contribution is -2.13. The Morgan fingerprint density at radius 3 is 2.34 bits per heavy atom. The second-order valence-electron chi connectivity index (χ2n) is 6.62. The number of fused-ring (bicyclic) bond motifs is 1. The zero-order chi connectivity index (χ0) is 20.6. The van der Waals surface area contributed by atoms with Crippen LogP contribution in [0.1, 0.15) is 15.9 Å². The Labute approximate surface area is 167 Å². The second-order valence-corrected chi connectivity index (χ2v) is 8.30. The molecule has 0 spiro atoms. The largest absolute Gasteiger partial charge is 0.478 e. The number of rotatable bonds is 5. The number of aromatic carboxylic acids is 1. The monoisotopic (exact) mass is 407 g/mol. The van der Waals surface area contributed by atoms with Gasteiger partial charge < -0.3 is 10.1 Å². The smallest absolute Gasteiger partial charge is 0.335 e. The van der Waals surface area contributed by atoms with Gasteiger partial charge in [-0.1, -0.05) is 29.8 Å². The molecule has 0 fully saturated rings. The number of carboxylic acids is 1. The highest BCUT2D eigenvalue weighted by atomic mass is 32.2. The van der Waals surface area contributed by atoms with E-state index in [1.54, 1.807) is 6.07 Å². The molecule has 1 aromatic heterocycles. The maximum absolute atomic E-state index is 12.7. The number of anilines is 1. The minimum Gasteiger partial charge on any atom is -0.478 e. The molecule has 4 rings (SSSR count). The summed E-state index contributed by atoms with van der Waals surface area (Å²) in [5.41, 5.74) is 3.67. The Kier molecular flexibility index (Phi) is 4.56. The minimum absolute atomic E-state index is 0.0754. The fraction of sp³-hybridized carbons (Fsp3) is 0.0476. The van der Waals surface area contributed by atoms with E-state index in [0.717, 1.165) is 11.1 Å². The number of nitrogens with zero attached hydrogens (tertiary/aromatic N) is 1. The summed E-state index contributed by atoms with van der Waals surface area (Å²) in [4.78, 5) is 18.7. The molecule has 0 amide bonds. The number of hydrogen-bond acceptors (Lipinski definition) is 4. The molecule has 0 bridgehead atoms. The summed E-state index contributed by atoms with van der Waals surface area (Å²) in [6.45, 7) is 2.00. The Hall–Kier alpha value is -3.65. The molecule has 0 aliphatic carbocycles. The van der Waals surface area contributed by atoms with Crippen molar-refractivity contribution < 1.29 is 18.3 Å². The van der Waals surface area contributed by atoms with Crippen LogP contribution in [-0.2, 0) is 10.0 Å². The summed E-state index contributed by atoms with van der Waals surface area (Å²) in [7, 11) is -3.84. The third-order valence-corrected chi connectivity index (χ3v) is 5.85. The lowest BCUT2D eigenvalue weighted by Gasteiger charge is -2.08. The first-order chi connectivity index (χ1) is 13.8. The number of imidazole rings is 1. The summed E-state index contributed by atoms with van der Waals surface area (Å²) in [5, 5.41) is 8.94. The fourth-order valence-electron chi connectivity index (χ4n) is 2.90. The van der Waals surface area contributed by atoms with Crippen LogP contribution in [0.4, 0.5) is 5.69 Å². The van der Waals surface area contributed by atoms with Gasteiger partial charge in [-0.25, -0.2) is 18.2 Å². The molecule has 1 heterocycles. The van der Waals surface area contributed by atoms with Gasteiger partial charge >= 0.3 is 5.97 Å². The van der Waals surface area contributed by atoms with E-state index in [1.807, 2.05) is 31.2 Å². The number of H-pyrrole nitrogens is 1. The van der Waals surface area contributed by atoms with Gasteiger partial charge in [0, 0.05) is 11.3 Å². The quantitative estimate of drug-likeness (QED) is 0.462. The minimum atomic E-state index is -3.84. The highest BCUT2D eigenvalue weighted by Gasteiger charge is 2.16. The van der Waals surface area contributed by atoms with Gasteiger partial charge in [-0.3, -0.25) is 4.72 Å². The van der Waals surface area contributed by atoms with Crippen LogP contribution in [0.5, 0.6) is 0 Å². The van der Waals surface area contributed by atoms with Crippen LogP contribution in [-0.4, -0.2) is 29.5 Å². The van der Waals surface area contributed by atoms with Crippen molar-refractivity contribution in [2.45, 2.75) is 11.8 Å². The molecule has 0 unspecified atom stereocenters. The number of aryl methyl sites for hydroxylation is 1. The molecule has 0 aliphatic rings. The van der Waals surface area contributed by atoms with Crippen LogP contribution in [0, 0.1) is 6.92 Å². The van der Waals surface area contributed by atoms with E-state index in [1.165, 1.54) is 36.4 Å². The summed E-state index contributed by atoms with van der Waals surface area (Å²) < 4.78 is 27.9. The molecular weight excluding hydrogens is 390 g/mol. The Balaban J connectivity index is 1.64. The molecular formula is C21H17N3O4S. The van der Waals surface area contributed by atoms with Crippen molar-refractivity contribution in [3.63, 3.8) is 0 Å². The number of nitrogens with one attached hydrogen (secondary N) is 2. The molecule has 8 heteroatoms. The molecule has 146 valence electrons. The Morgan fingerprint density at radius 1 is 1.00 bits per heavy atom. The van der Waals surface area contributed by atoms with Gasteiger partial charge in [-0.2, -0.15) is 0 Å². The fourth-order valence-corrected chi connectivity index (χ4v) is 3.98. The van der Waals surface area contributed by atoms with E-state index in [2.05, 4.69) is 14.7 Å². The standard InChI is InChI=1S/C21H17N3O4S/c1-13-2-4-14(5-3-13)20-22-18-11-10-17(12-19(18)23-20)29(27,28)24-16-8-6-15(7-9-16)21(25)26/h2-12,24H,1H3,(H,22,23)(H,25,26). The van der Waals surface area contributed by atoms with E-state index in [-0.39, 0.29) is 16.1 Å². The topological polar surface area (TPSA) is 112 Å². The van der Waals surface area contributed by atoms with Crippen LogP contribution in [0.15, 0.2) is 71.6 Å². The number of sulfonamides is 1. The molecule has 0 saturated heterocycles. The molecule has 7 nitrogen and oxygen atoms in total. The van der Waals surface area contributed by atoms with E-state index < -0.39 is 16.0 Å². The van der Waals surface area contributed by atoms with E-state index in [9.17, 15) is 13.2 Å². The van der Waals surface area contributed by atoms with Gasteiger partial charge in [0.25, 0.3) is 10.0 Å². The Morgan fingerprint density at radius 2 is 1.69 bits per heavy atom. The van der Waals surface area contributed by atoms with Crippen molar-refractivity contribution in [1.82, 2.24) is 9.97 Å². The number of aromatic amines is 1. The van der Waals surface area contributed by atoms with E-state index in [0.29, 0.717) is 16.9 Å². The van der Waals surface area contributed by atoms with E-state index >= 15 is 0 Å². The van der Waals surface area contributed by atoms with Gasteiger partial charge in [0.15, 0.2) is 0 Å². The van der Waals surface area contributed by atoms with Gasteiger partial charge in [-0.15, -0.1) is 0 Å². The van der Waals surface area contributed by atoms with Gasteiger partial charge in [-0.05, 0) is 49.4 Å². The molecule has 3 aromatic carbocycles. The first-order valence-electron chi connectivity index (χ1n) is 8.75. The summed E-state index contributed by atoms with van der Waals surface area (Å²) in [6, 6.07) is 18.0. The SMILES string of the molecule is Cc1ccc(-c2nc3ccc(S(=O)(=O)Nc4ccc(C(=O)O)cc4)cc3[nH]2)cc1. The number of carboxylic acid groups (broad SMARTS) is 1. The zero-order valence-electron chi connectivity index (χ0n) is 15.4. The average Bonchev–Trinajstić information content (AvgIpc) is 3.12. The van der Waals surface area contributed by atoms with Crippen LogP contribution >= 0.6 is 0 Å². The van der Waals surface area contributed by atoms with Crippen LogP contribution < -0.4 is 4.72 Å². The molecule has 4 aromatic rings. The number of carbonyl (C=O) groups is 1. The summed E-state index contributed by atoms with van der Waals surface area (Å²) in [5.74, 6) is -0.416. The summed E-state index contributed by atoms with van der Waals surface area (Å²) >= 11 is 0. The van der Waals surface area contributed by atoms with Crippen molar-refractivity contribution in [1.29, 1.82) is 0 Å². The molecule has 0 atom stereocenters. The molecule has 3 N–H and O–H groups in total. The molecule has 29 heavy (non-hydrogen) atoms. The first-order valence-corrected chi connectivity index (χ1v) is 10.2. The highest BCUT2D eigenvalue weighted by Crippen LogP contribution is 2.24. The van der Waals surface area contributed by atoms with Crippen LogP contribution in [0.25, 0.3) is 22.4 Å². The van der Waals surface area contributed by atoms with Crippen molar-refractivity contribution in [3.05, 3.63) is 77.9 Å². The zero-order valence-corrected chi connectivity index (χ0v) is 16.2. The molecule has 0 radical (unpaired) electrons. The average molecular weight is 407 g/mol. The number of aromatic nitrogens is 2. The third-order valence-electron chi connectivity index (χ3n) is 4.47. The van der Waals surface area contributed by atoms with Crippen LogP contribution in [0.2, 0.25) is 0 Å². The first kappa shape index (κ1) is 18.7. The van der Waals surface area contributed by atoms with Gasteiger partial charge in [0.1, 0.15) is 5.82 Å². The second kappa shape index (κ2) is 7.06. The van der Waals surface area contributed by atoms with Crippen LogP contribution in [0.3, 0.4) is 0 Å². The predicted octanol–water partition coefficient (Wildman–Crippen LogP) is 4.04. The number of hydrogen-bond donors (Lipinski definition) is 3. The highest BCUT2D eigenvalue weighted by molar-refractivity contribution is 7.92. The maximum atomic E-state index is 12.7. The molecule has 0 aliphatic heterocycles. The Bertz CT molecular complexity index is 1310. The third kappa shape index (κ3) is 3.83. The van der Waals surface area contributed by atoms with Crippen molar-refractivity contribution in [2.75, 3.05) is 4.72 Å². The molecule has 0 saturated carbocycles.